The molecule has 5 rings (SSSR count). The molecule has 0 unspecified atom stereocenters. The van der Waals surface area contributed by atoms with Gasteiger partial charge in [0.05, 0.1) is 24.6 Å². The van der Waals surface area contributed by atoms with Gasteiger partial charge in [0.15, 0.2) is 17.3 Å². The van der Waals surface area contributed by atoms with Crippen molar-refractivity contribution < 1.29 is 36.7 Å². The zero-order valence-electron chi connectivity index (χ0n) is 18.2. The molecule has 0 radical (unpaired) electrons. The highest BCUT2D eigenvalue weighted by Gasteiger charge is 2.45. The molecule has 34 heavy (non-hydrogen) atoms. The van der Waals surface area contributed by atoms with E-state index in [1.807, 2.05) is 17.0 Å². The van der Waals surface area contributed by atoms with Crippen molar-refractivity contribution in [1.29, 1.82) is 0 Å². The van der Waals surface area contributed by atoms with Gasteiger partial charge in [0.25, 0.3) is 5.91 Å². The third-order valence-corrected chi connectivity index (χ3v) is 5.88. The fourth-order valence-electron chi connectivity index (χ4n) is 4.42. The van der Waals surface area contributed by atoms with Crippen molar-refractivity contribution in [1.82, 2.24) is 24.6 Å². The van der Waals surface area contributed by atoms with Crippen molar-refractivity contribution in [3.8, 4) is 11.6 Å². The second kappa shape index (κ2) is 8.97. The Morgan fingerprint density at radius 2 is 1.74 bits per heavy atom. The van der Waals surface area contributed by atoms with Gasteiger partial charge in [-0.3, -0.25) is 14.3 Å². The molecular formula is C21H22F3N5O5. The minimum Gasteiger partial charge on any atom is -0.475 e. The van der Waals surface area contributed by atoms with Crippen molar-refractivity contribution >= 4 is 11.9 Å². The summed E-state index contributed by atoms with van der Waals surface area (Å²) in [5.41, 5.74) is -0.145. The highest BCUT2D eigenvalue weighted by Crippen LogP contribution is 2.39. The van der Waals surface area contributed by atoms with Crippen LogP contribution >= 0.6 is 0 Å². The summed E-state index contributed by atoms with van der Waals surface area (Å²) < 4.78 is 44.9. The summed E-state index contributed by atoms with van der Waals surface area (Å²) in [6.07, 6.45) is -0.220. The number of hydrogen-bond acceptors (Lipinski definition) is 7. The first kappa shape index (κ1) is 23.5. The number of carbonyl (C=O) groups excluding carboxylic acids is 1. The Morgan fingerprint density at radius 3 is 2.29 bits per heavy atom. The number of alkyl halides is 3. The van der Waals surface area contributed by atoms with Gasteiger partial charge in [-0.1, -0.05) is 0 Å². The lowest BCUT2D eigenvalue weighted by Gasteiger charge is -2.47. The van der Waals surface area contributed by atoms with Gasteiger partial charge in [0.2, 0.25) is 0 Å². The van der Waals surface area contributed by atoms with Crippen LogP contribution in [0.25, 0.3) is 11.6 Å². The van der Waals surface area contributed by atoms with Crippen LogP contribution in [0.5, 0.6) is 0 Å². The number of aliphatic carboxylic acids is 1. The van der Waals surface area contributed by atoms with Crippen LogP contribution in [0.2, 0.25) is 0 Å². The Labute approximate surface area is 191 Å². The quantitative estimate of drug-likeness (QED) is 0.594. The van der Waals surface area contributed by atoms with Gasteiger partial charge in [-0.25, -0.2) is 4.79 Å². The molecule has 13 heteroatoms. The van der Waals surface area contributed by atoms with Gasteiger partial charge in [-0.15, -0.1) is 10.2 Å². The summed E-state index contributed by atoms with van der Waals surface area (Å²) >= 11 is 0. The number of likely N-dealkylation sites (N-methyl/N-ethyl adjacent to an activating group) is 1. The third kappa shape index (κ3) is 4.55. The molecular weight excluding hydrogens is 459 g/mol. The van der Waals surface area contributed by atoms with Crippen LogP contribution < -0.4 is 0 Å². The molecule has 1 saturated heterocycles. The van der Waals surface area contributed by atoms with Crippen molar-refractivity contribution in [3.63, 3.8) is 0 Å². The normalized spacial score (nSPS) is 17.7. The predicted molar refractivity (Wildman–Crippen MR) is 110 cm³/mol. The molecule has 3 aromatic rings. The number of furan rings is 2. The molecule has 182 valence electrons. The molecule has 1 fully saturated rings. The average molecular weight is 481 g/mol. The lowest BCUT2D eigenvalue weighted by atomic mass is 9.84. The minimum absolute atomic E-state index is 0.0470. The highest BCUT2D eigenvalue weighted by molar-refractivity contribution is 5.91. The number of aromatic nitrogens is 3. The molecule has 1 spiro atoms. The Balaban J connectivity index is 0.000000344. The fraction of sp³-hybridized carbons (Fsp3) is 0.429. The SMILES string of the molecule is CN1Cc2nnc(-c3ccco3)n2C2(CCN(C(=O)c3ccco3)CC2)C1.O=C(O)C(F)(F)F. The van der Waals surface area contributed by atoms with Gasteiger partial charge in [-0.05, 0) is 44.2 Å². The number of rotatable bonds is 2. The van der Waals surface area contributed by atoms with Crippen molar-refractivity contribution in [2.45, 2.75) is 31.1 Å². The molecule has 2 aliphatic rings. The lowest BCUT2D eigenvalue weighted by Crippen LogP contribution is -2.56. The van der Waals surface area contributed by atoms with E-state index in [1.54, 1.807) is 18.4 Å². The van der Waals surface area contributed by atoms with Gasteiger partial charge >= 0.3 is 12.1 Å². The first-order valence-electron chi connectivity index (χ1n) is 10.4. The zero-order chi connectivity index (χ0) is 24.5. The second-order valence-electron chi connectivity index (χ2n) is 8.22. The first-order valence-corrected chi connectivity index (χ1v) is 10.4. The molecule has 0 bridgehead atoms. The Hall–Kier alpha value is -3.61. The van der Waals surface area contributed by atoms with Gasteiger partial charge in [-0.2, -0.15) is 13.2 Å². The first-order chi connectivity index (χ1) is 16.1. The standard InChI is InChI=1S/C19H21N5O3.C2HF3O2/c1-22-12-16-20-21-17(14-4-2-10-26-14)24(16)19(13-22)6-8-23(9-7-19)18(25)15-5-3-11-27-15;3-2(4,5)1(6)7/h2-5,10-11H,6-9,12-13H2,1H3;(H,6,7). The average Bonchev–Trinajstić information content (AvgIpc) is 3.54. The number of carboxylic acid groups (broad SMARTS) is 1. The number of piperidine rings is 1. The summed E-state index contributed by atoms with van der Waals surface area (Å²) in [6.45, 7) is 2.99. The van der Waals surface area contributed by atoms with Crippen LogP contribution in [0.3, 0.4) is 0 Å². The number of fused-ring (bicyclic) bond motifs is 2. The van der Waals surface area contributed by atoms with Crippen LogP contribution in [0, 0.1) is 0 Å². The van der Waals surface area contributed by atoms with Crippen molar-refractivity contribution in [2.24, 2.45) is 0 Å². The summed E-state index contributed by atoms with van der Waals surface area (Å²) in [5.74, 6) is 0.0383. The maximum absolute atomic E-state index is 12.6. The van der Waals surface area contributed by atoms with E-state index in [0.29, 0.717) is 18.8 Å². The summed E-state index contributed by atoms with van der Waals surface area (Å²) in [5, 5.41) is 16.0. The lowest BCUT2D eigenvalue weighted by molar-refractivity contribution is -0.192. The van der Waals surface area contributed by atoms with E-state index in [0.717, 1.165) is 43.3 Å². The molecule has 0 aliphatic carbocycles. The van der Waals surface area contributed by atoms with Crippen LogP contribution in [0.4, 0.5) is 13.2 Å². The highest BCUT2D eigenvalue weighted by atomic mass is 19.4. The van der Waals surface area contributed by atoms with Gasteiger partial charge in [0.1, 0.15) is 5.82 Å². The van der Waals surface area contributed by atoms with E-state index in [9.17, 15) is 18.0 Å². The predicted octanol–water partition coefficient (Wildman–Crippen LogP) is 2.84. The second-order valence-corrected chi connectivity index (χ2v) is 8.22. The molecule has 2 aliphatic heterocycles. The Bertz CT molecular complexity index is 1130. The smallest absolute Gasteiger partial charge is 0.475 e. The van der Waals surface area contributed by atoms with E-state index >= 15 is 0 Å². The molecule has 10 nitrogen and oxygen atoms in total. The number of carboxylic acids is 1. The van der Waals surface area contributed by atoms with Crippen LogP contribution in [0.15, 0.2) is 45.6 Å². The fourth-order valence-corrected chi connectivity index (χ4v) is 4.42. The molecule has 0 saturated carbocycles. The number of likely N-dealkylation sites (tertiary alicyclic amines) is 1. The van der Waals surface area contributed by atoms with E-state index in [-0.39, 0.29) is 11.4 Å². The number of halogens is 3. The number of carbonyl (C=O) groups is 2. The summed E-state index contributed by atoms with van der Waals surface area (Å²) in [4.78, 5) is 25.7. The minimum atomic E-state index is -5.08. The number of nitrogens with zero attached hydrogens (tertiary/aromatic N) is 5. The molecule has 5 heterocycles. The van der Waals surface area contributed by atoms with E-state index in [4.69, 9.17) is 18.7 Å². The van der Waals surface area contributed by atoms with E-state index in [1.165, 1.54) is 6.26 Å². The van der Waals surface area contributed by atoms with Crippen LogP contribution in [-0.4, -0.2) is 74.4 Å². The third-order valence-electron chi connectivity index (χ3n) is 5.88. The van der Waals surface area contributed by atoms with E-state index < -0.39 is 12.1 Å². The largest absolute Gasteiger partial charge is 0.490 e. The maximum Gasteiger partial charge on any atom is 0.490 e. The number of amides is 1. The molecule has 1 N–H and O–H groups in total. The number of hydrogen-bond donors (Lipinski definition) is 1. The molecule has 3 aromatic heterocycles. The summed E-state index contributed by atoms with van der Waals surface area (Å²) in [7, 11) is 2.10. The van der Waals surface area contributed by atoms with E-state index in [2.05, 4.69) is 26.7 Å². The van der Waals surface area contributed by atoms with Crippen LogP contribution in [-0.2, 0) is 16.9 Å². The maximum atomic E-state index is 12.6. The zero-order valence-corrected chi connectivity index (χ0v) is 18.2. The topological polar surface area (TPSA) is 118 Å². The molecule has 1 amide bonds. The summed E-state index contributed by atoms with van der Waals surface area (Å²) in [6, 6.07) is 7.24. The Morgan fingerprint density at radius 1 is 1.09 bits per heavy atom. The Kier molecular flexibility index (Phi) is 6.21. The van der Waals surface area contributed by atoms with Gasteiger partial charge < -0.3 is 18.8 Å². The van der Waals surface area contributed by atoms with Crippen molar-refractivity contribution in [3.05, 3.63) is 48.4 Å². The van der Waals surface area contributed by atoms with Crippen molar-refractivity contribution in [2.75, 3.05) is 26.7 Å². The molecule has 0 aromatic carbocycles. The van der Waals surface area contributed by atoms with Crippen LogP contribution in [0.1, 0.15) is 29.2 Å². The van der Waals surface area contributed by atoms with Gasteiger partial charge in [0, 0.05) is 19.6 Å². The molecule has 0 atom stereocenters. The monoisotopic (exact) mass is 481 g/mol.